The van der Waals surface area contributed by atoms with Gasteiger partial charge in [-0.25, -0.2) is 0 Å². The predicted octanol–water partition coefficient (Wildman–Crippen LogP) is 3.63. The van der Waals surface area contributed by atoms with Gasteiger partial charge in [0, 0.05) is 19.2 Å². The van der Waals surface area contributed by atoms with Crippen molar-refractivity contribution in [1.82, 2.24) is 15.0 Å². The molecule has 0 N–H and O–H groups in total. The zero-order valence-corrected chi connectivity index (χ0v) is 20.3. The zero-order chi connectivity index (χ0) is 24.0. The lowest BCUT2D eigenvalue weighted by Crippen LogP contribution is -2.62. The average Bonchev–Trinajstić information content (AvgIpc) is 3.29. The largest absolute Gasteiger partial charge is 0.491 e. The molecule has 8 heteroatoms. The van der Waals surface area contributed by atoms with Crippen molar-refractivity contribution in [3.05, 3.63) is 47.3 Å². The standard InChI is InChI=1S/C26H35N3O5/c1-3-4-13-28-14-16-32-22-11-6-5-9-21(22)10-7-8-12-26(25(28)31)19-29(15-17-33-26)24(30)23-18-20(2)27-34-23/h5-6,9,11,18H,3-4,7-8,10,12-17,19H2,1-2H3. The van der Waals surface area contributed by atoms with E-state index in [0.717, 1.165) is 37.9 Å². The number of nitrogens with zero attached hydrogens (tertiary/aromatic N) is 3. The van der Waals surface area contributed by atoms with E-state index in [0.29, 0.717) is 45.0 Å². The number of ether oxygens (including phenoxy) is 2. The lowest BCUT2D eigenvalue weighted by atomic mass is 9.90. The third-order valence-electron chi connectivity index (χ3n) is 6.64. The fourth-order valence-electron chi connectivity index (χ4n) is 4.76. The van der Waals surface area contributed by atoms with Crippen LogP contribution in [0.2, 0.25) is 0 Å². The third kappa shape index (κ3) is 5.43. The van der Waals surface area contributed by atoms with Crippen molar-refractivity contribution in [1.29, 1.82) is 0 Å². The number of benzene rings is 1. The van der Waals surface area contributed by atoms with Crippen LogP contribution in [-0.4, -0.2) is 71.8 Å². The first-order valence-corrected chi connectivity index (χ1v) is 12.4. The van der Waals surface area contributed by atoms with Crippen LogP contribution in [0.3, 0.4) is 0 Å². The van der Waals surface area contributed by atoms with Crippen molar-refractivity contribution in [3.8, 4) is 5.75 Å². The Kier molecular flexibility index (Phi) is 7.88. The molecule has 2 aromatic rings. The first-order valence-electron chi connectivity index (χ1n) is 12.4. The highest BCUT2D eigenvalue weighted by molar-refractivity contribution is 5.93. The molecule has 1 unspecified atom stereocenters. The Balaban J connectivity index is 1.58. The first-order chi connectivity index (χ1) is 16.5. The van der Waals surface area contributed by atoms with Crippen molar-refractivity contribution >= 4 is 11.8 Å². The van der Waals surface area contributed by atoms with Gasteiger partial charge in [-0.1, -0.05) is 36.7 Å². The number of rotatable bonds is 4. The number of hydrogen-bond acceptors (Lipinski definition) is 6. The number of carbonyl (C=O) groups excluding carboxylic acids is 2. The van der Waals surface area contributed by atoms with Gasteiger partial charge in [0.25, 0.3) is 11.8 Å². The lowest BCUT2D eigenvalue weighted by Gasteiger charge is -2.44. The second-order valence-corrected chi connectivity index (χ2v) is 9.21. The average molecular weight is 470 g/mol. The van der Waals surface area contributed by atoms with Gasteiger partial charge in [0.2, 0.25) is 5.76 Å². The summed E-state index contributed by atoms with van der Waals surface area (Å²) < 4.78 is 17.6. The number of aryl methyl sites for hydroxylation is 2. The van der Waals surface area contributed by atoms with Crippen molar-refractivity contribution in [2.45, 2.75) is 58.0 Å². The molecule has 0 aliphatic carbocycles. The monoisotopic (exact) mass is 469 g/mol. The highest BCUT2D eigenvalue weighted by Gasteiger charge is 2.47. The highest BCUT2D eigenvalue weighted by Crippen LogP contribution is 2.30. The number of amides is 2. The fraction of sp³-hybridized carbons (Fsp3) is 0.577. The number of carbonyl (C=O) groups is 2. The molecule has 3 heterocycles. The zero-order valence-electron chi connectivity index (χ0n) is 20.3. The second kappa shape index (κ2) is 11.0. The molecule has 0 bridgehead atoms. The number of aromatic nitrogens is 1. The van der Waals surface area contributed by atoms with E-state index in [1.807, 2.05) is 23.1 Å². The Bertz CT molecular complexity index is 990. The summed E-state index contributed by atoms with van der Waals surface area (Å²) in [6.45, 7) is 6.37. The van der Waals surface area contributed by atoms with Crippen LogP contribution in [0, 0.1) is 6.92 Å². The molecule has 0 saturated carbocycles. The van der Waals surface area contributed by atoms with Gasteiger partial charge in [0.1, 0.15) is 12.4 Å². The minimum absolute atomic E-state index is 0.0512. The van der Waals surface area contributed by atoms with Crippen LogP contribution in [0.1, 0.15) is 60.8 Å². The minimum Gasteiger partial charge on any atom is -0.491 e. The molecule has 34 heavy (non-hydrogen) atoms. The molecular formula is C26H35N3O5. The summed E-state index contributed by atoms with van der Waals surface area (Å²) in [6, 6.07) is 9.76. The molecule has 1 spiro atoms. The van der Waals surface area contributed by atoms with E-state index in [9.17, 15) is 9.59 Å². The van der Waals surface area contributed by atoms with Gasteiger partial charge in [0.15, 0.2) is 5.60 Å². The quantitative estimate of drug-likeness (QED) is 0.680. The maximum atomic E-state index is 14.0. The molecule has 2 amide bonds. The lowest BCUT2D eigenvalue weighted by molar-refractivity contribution is -0.170. The van der Waals surface area contributed by atoms with E-state index < -0.39 is 5.60 Å². The summed E-state index contributed by atoms with van der Waals surface area (Å²) in [5, 5.41) is 3.84. The van der Waals surface area contributed by atoms with Crippen molar-refractivity contribution < 1.29 is 23.6 Å². The Hall–Kier alpha value is -2.87. The van der Waals surface area contributed by atoms with Gasteiger partial charge in [-0.3, -0.25) is 9.59 Å². The number of hydrogen-bond donors (Lipinski definition) is 0. The predicted molar refractivity (Wildman–Crippen MR) is 127 cm³/mol. The summed E-state index contributed by atoms with van der Waals surface area (Å²) >= 11 is 0. The van der Waals surface area contributed by atoms with Gasteiger partial charge in [-0.2, -0.15) is 0 Å². The summed E-state index contributed by atoms with van der Waals surface area (Å²) in [4.78, 5) is 30.6. The Morgan fingerprint density at radius 3 is 2.82 bits per heavy atom. The van der Waals surface area contributed by atoms with Gasteiger partial charge >= 0.3 is 0 Å². The van der Waals surface area contributed by atoms with Gasteiger partial charge in [0.05, 0.1) is 25.4 Å². The highest BCUT2D eigenvalue weighted by atomic mass is 16.5. The molecule has 184 valence electrons. The molecule has 2 aliphatic heterocycles. The van der Waals surface area contributed by atoms with Crippen molar-refractivity contribution in [2.75, 3.05) is 39.4 Å². The van der Waals surface area contributed by atoms with E-state index in [1.54, 1.807) is 17.9 Å². The minimum atomic E-state index is -1.06. The first kappa shape index (κ1) is 24.3. The smallest absolute Gasteiger partial charge is 0.292 e. The summed E-state index contributed by atoms with van der Waals surface area (Å²) in [6.07, 6.45) is 5.04. The van der Waals surface area contributed by atoms with Crippen molar-refractivity contribution in [2.24, 2.45) is 0 Å². The maximum Gasteiger partial charge on any atom is 0.292 e. The summed E-state index contributed by atoms with van der Waals surface area (Å²) in [5.41, 5.74) is 0.778. The van der Waals surface area contributed by atoms with E-state index in [2.05, 4.69) is 18.1 Å². The number of morpholine rings is 1. The Morgan fingerprint density at radius 1 is 1.18 bits per heavy atom. The summed E-state index contributed by atoms with van der Waals surface area (Å²) in [5.74, 6) is 0.793. The maximum absolute atomic E-state index is 14.0. The van der Waals surface area contributed by atoms with Crippen LogP contribution in [-0.2, 0) is 16.0 Å². The van der Waals surface area contributed by atoms with Gasteiger partial charge in [-0.15, -0.1) is 0 Å². The topological polar surface area (TPSA) is 85.1 Å². The number of para-hydroxylation sites is 1. The van der Waals surface area contributed by atoms with Crippen LogP contribution in [0.15, 0.2) is 34.9 Å². The molecule has 8 nitrogen and oxygen atoms in total. The SMILES string of the molecule is CCCCN1CCOc2ccccc2CCCCC2(CN(C(=O)c3cc(C)no3)CCO2)C1=O. The van der Waals surface area contributed by atoms with Crippen molar-refractivity contribution in [3.63, 3.8) is 0 Å². The van der Waals surface area contributed by atoms with Gasteiger partial charge in [-0.05, 0) is 50.7 Å². The molecule has 1 fully saturated rings. The van der Waals surface area contributed by atoms with Crippen LogP contribution in [0.25, 0.3) is 0 Å². The molecule has 4 rings (SSSR count). The van der Waals surface area contributed by atoms with E-state index in [-0.39, 0.29) is 24.1 Å². The third-order valence-corrected chi connectivity index (χ3v) is 6.64. The Morgan fingerprint density at radius 2 is 2.03 bits per heavy atom. The molecule has 1 atom stereocenters. The second-order valence-electron chi connectivity index (χ2n) is 9.21. The number of unbranched alkanes of at least 4 members (excludes halogenated alkanes) is 1. The van der Waals surface area contributed by atoms with Crippen LogP contribution in [0.4, 0.5) is 0 Å². The van der Waals surface area contributed by atoms with Crippen LogP contribution in [0.5, 0.6) is 5.75 Å². The Labute approximate surface area is 201 Å². The fourth-order valence-corrected chi connectivity index (χ4v) is 4.76. The van der Waals surface area contributed by atoms with E-state index >= 15 is 0 Å². The molecule has 1 aromatic heterocycles. The van der Waals surface area contributed by atoms with E-state index in [1.165, 1.54) is 5.56 Å². The van der Waals surface area contributed by atoms with Crippen LogP contribution < -0.4 is 4.74 Å². The van der Waals surface area contributed by atoms with E-state index in [4.69, 9.17) is 14.0 Å². The molecule has 1 aromatic carbocycles. The molecule has 2 aliphatic rings. The van der Waals surface area contributed by atoms with Gasteiger partial charge < -0.3 is 23.8 Å². The normalized spacial score (nSPS) is 22.0. The number of fused-ring (bicyclic) bond motifs is 1. The summed E-state index contributed by atoms with van der Waals surface area (Å²) in [7, 11) is 0. The molecule has 1 saturated heterocycles. The van der Waals surface area contributed by atoms with Crippen LogP contribution >= 0.6 is 0 Å². The molecule has 0 radical (unpaired) electrons. The molecular weight excluding hydrogens is 434 g/mol.